The smallest absolute Gasteiger partial charge is 0.211 e. The van der Waals surface area contributed by atoms with E-state index in [0.717, 1.165) is 5.76 Å². The van der Waals surface area contributed by atoms with Crippen molar-refractivity contribution >= 4 is 0 Å². The van der Waals surface area contributed by atoms with Gasteiger partial charge in [0.05, 0.1) is 17.8 Å². The molecule has 102 valence electrons. The second-order valence-corrected chi connectivity index (χ2v) is 4.63. The van der Waals surface area contributed by atoms with E-state index in [2.05, 4.69) is 10.3 Å². The predicted octanol–water partition coefficient (Wildman–Crippen LogP) is 2.81. The van der Waals surface area contributed by atoms with Gasteiger partial charge >= 0.3 is 0 Å². The standard InChI is InChI=1S/C14H18N2O3/c1-8-7-15-14(19-8)10(3)16-9(2)13-11(17)5-4-6-12(13)18/h4-7,9-10,16-18H,1-3H3. The molecule has 5 nitrogen and oxygen atoms in total. The Kier molecular flexibility index (Phi) is 3.76. The van der Waals surface area contributed by atoms with Crippen LogP contribution in [0.3, 0.4) is 0 Å². The third kappa shape index (κ3) is 2.88. The lowest BCUT2D eigenvalue weighted by molar-refractivity contribution is 0.364. The quantitative estimate of drug-likeness (QED) is 0.789. The van der Waals surface area contributed by atoms with Crippen LogP contribution < -0.4 is 5.32 Å². The second kappa shape index (κ2) is 5.32. The molecule has 1 heterocycles. The molecule has 0 amide bonds. The van der Waals surface area contributed by atoms with E-state index in [1.54, 1.807) is 24.4 Å². The van der Waals surface area contributed by atoms with Gasteiger partial charge < -0.3 is 14.6 Å². The minimum absolute atomic E-state index is 0.0655. The maximum atomic E-state index is 9.81. The fourth-order valence-electron chi connectivity index (χ4n) is 2.09. The minimum atomic E-state index is -0.233. The molecule has 2 aromatic rings. The summed E-state index contributed by atoms with van der Waals surface area (Å²) in [5, 5.41) is 22.9. The normalized spacial score (nSPS) is 14.3. The molecule has 2 atom stereocenters. The number of nitrogens with one attached hydrogen (secondary N) is 1. The molecule has 3 N–H and O–H groups in total. The largest absolute Gasteiger partial charge is 0.507 e. The van der Waals surface area contributed by atoms with Crippen molar-refractivity contribution in [3.05, 3.63) is 41.6 Å². The van der Waals surface area contributed by atoms with Crippen LogP contribution in [-0.2, 0) is 0 Å². The van der Waals surface area contributed by atoms with Crippen LogP contribution in [-0.4, -0.2) is 15.2 Å². The zero-order valence-electron chi connectivity index (χ0n) is 11.2. The van der Waals surface area contributed by atoms with Gasteiger partial charge in [-0.3, -0.25) is 5.32 Å². The van der Waals surface area contributed by atoms with Crippen LogP contribution in [0.15, 0.2) is 28.8 Å². The SMILES string of the molecule is Cc1cnc(C(C)NC(C)c2c(O)cccc2O)o1. The van der Waals surface area contributed by atoms with E-state index in [4.69, 9.17) is 4.42 Å². The number of aromatic nitrogens is 1. The first-order chi connectivity index (χ1) is 8.99. The first-order valence-corrected chi connectivity index (χ1v) is 6.18. The Balaban J connectivity index is 2.15. The van der Waals surface area contributed by atoms with Crippen molar-refractivity contribution in [2.45, 2.75) is 32.9 Å². The van der Waals surface area contributed by atoms with E-state index in [0.29, 0.717) is 11.5 Å². The van der Waals surface area contributed by atoms with Crippen molar-refractivity contribution in [2.24, 2.45) is 0 Å². The Hall–Kier alpha value is -2.01. The molecule has 0 radical (unpaired) electrons. The molecule has 0 bridgehead atoms. The fourth-order valence-corrected chi connectivity index (χ4v) is 2.09. The zero-order chi connectivity index (χ0) is 14.0. The number of nitrogens with zero attached hydrogens (tertiary/aromatic N) is 1. The predicted molar refractivity (Wildman–Crippen MR) is 71.0 cm³/mol. The number of aryl methyl sites for hydroxylation is 1. The number of benzene rings is 1. The van der Waals surface area contributed by atoms with Gasteiger partial charge in [0.15, 0.2) is 0 Å². The van der Waals surface area contributed by atoms with Crippen LogP contribution in [0.2, 0.25) is 0 Å². The Morgan fingerprint density at radius 2 is 1.79 bits per heavy atom. The van der Waals surface area contributed by atoms with Crippen LogP contribution in [0.25, 0.3) is 0 Å². The number of hydrogen-bond acceptors (Lipinski definition) is 5. The van der Waals surface area contributed by atoms with Gasteiger partial charge in [0.1, 0.15) is 17.3 Å². The monoisotopic (exact) mass is 262 g/mol. The molecule has 2 rings (SSSR count). The summed E-state index contributed by atoms with van der Waals surface area (Å²) >= 11 is 0. The van der Waals surface area contributed by atoms with E-state index < -0.39 is 0 Å². The van der Waals surface area contributed by atoms with Crippen LogP contribution in [0.5, 0.6) is 11.5 Å². The first-order valence-electron chi connectivity index (χ1n) is 6.18. The molecule has 5 heteroatoms. The van der Waals surface area contributed by atoms with E-state index in [1.807, 2.05) is 20.8 Å². The molecule has 19 heavy (non-hydrogen) atoms. The molecule has 0 saturated heterocycles. The summed E-state index contributed by atoms with van der Waals surface area (Å²) in [7, 11) is 0. The lowest BCUT2D eigenvalue weighted by atomic mass is 10.1. The number of hydrogen-bond donors (Lipinski definition) is 3. The molecule has 2 unspecified atom stereocenters. The number of phenols is 2. The van der Waals surface area contributed by atoms with Crippen molar-refractivity contribution in [3.8, 4) is 11.5 Å². The lowest BCUT2D eigenvalue weighted by Crippen LogP contribution is -2.22. The molecule has 0 saturated carbocycles. The Morgan fingerprint density at radius 1 is 1.16 bits per heavy atom. The van der Waals surface area contributed by atoms with Crippen LogP contribution in [0.1, 0.15) is 43.1 Å². The molecular weight excluding hydrogens is 244 g/mol. The minimum Gasteiger partial charge on any atom is -0.507 e. The Bertz CT molecular complexity index is 545. The van der Waals surface area contributed by atoms with Gasteiger partial charge in [-0.1, -0.05) is 6.07 Å². The van der Waals surface area contributed by atoms with Crippen LogP contribution in [0.4, 0.5) is 0 Å². The molecule has 0 aliphatic rings. The Labute approximate surface area is 111 Å². The molecule has 1 aromatic carbocycles. The highest BCUT2D eigenvalue weighted by Gasteiger charge is 2.19. The van der Waals surface area contributed by atoms with Gasteiger partial charge in [-0.05, 0) is 32.9 Å². The molecule has 1 aromatic heterocycles. The fraction of sp³-hybridized carbons (Fsp3) is 0.357. The van der Waals surface area contributed by atoms with Gasteiger partial charge in [0, 0.05) is 6.04 Å². The summed E-state index contributed by atoms with van der Waals surface area (Å²) < 4.78 is 5.44. The molecule has 0 spiro atoms. The van der Waals surface area contributed by atoms with Crippen molar-refractivity contribution in [2.75, 3.05) is 0 Å². The Morgan fingerprint density at radius 3 is 2.32 bits per heavy atom. The average Bonchev–Trinajstić information content (AvgIpc) is 2.75. The molecule has 0 fully saturated rings. The van der Waals surface area contributed by atoms with Crippen molar-refractivity contribution in [1.82, 2.24) is 10.3 Å². The molecule has 0 aliphatic carbocycles. The average molecular weight is 262 g/mol. The summed E-state index contributed by atoms with van der Waals surface area (Å²) in [6, 6.07) is 4.34. The van der Waals surface area contributed by atoms with Gasteiger partial charge in [-0.15, -0.1) is 0 Å². The topological polar surface area (TPSA) is 78.5 Å². The van der Waals surface area contributed by atoms with Crippen LogP contribution >= 0.6 is 0 Å². The second-order valence-electron chi connectivity index (χ2n) is 4.63. The van der Waals surface area contributed by atoms with Gasteiger partial charge in [0.25, 0.3) is 0 Å². The van der Waals surface area contributed by atoms with Crippen molar-refractivity contribution < 1.29 is 14.6 Å². The van der Waals surface area contributed by atoms with Gasteiger partial charge in [0.2, 0.25) is 5.89 Å². The third-order valence-electron chi connectivity index (χ3n) is 3.00. The van der Waals surface area contributed by atoms with Gasteiger partial charge in [-0.25, -0.2) is 4.98 Å². The number of oxazole rings is 1. The maximum Gasteiger partial charge on any atom is 0.211 e. The van der Waals surface area contributed by atoms with Crippen molar-refractivity contribution in [1.29, 1.82) is 0 Å². The number of rotatable bonds is 4. The summed E-state index contributed by atoms with van der Waals surface area (Å²) in [6.45, 7) is 5.61. The summed E-state index contributed by atoms with van der Waals surface area (Å²) in [4.78, 5) is 4.15. The highest BCUT2D eigenvalue weighted by Crippen LogP contribution is 2.33. The van der Waals surface area contributed by atoms with Gasteiger partial charge in [-0.2, -0.15) is 0 Å². The third-order valence-corrected chi connectivity index (χ3v) is 3.00. The van der Waals surface area contributed by atoms with E-state index in [-0.39, 0.29) is 23.6 Å². The molecular formula is C14H18N2O3. The van der Waals surface area contributed by atoms with E-state index in [9.17, 15) is 10.2 Å². The number of aromatic hydroxyl groups is 2. The summed E-state index contributed by atoms with van der Waals surface area (Å²) in [5.74, 6) is 1.47. The van der Waals surface area contributed by atoms with Crippen molar-refractivity contribution in [3.63, 3.8) is 0 Å². The highest BCUT2D eigenvalue weighted by atomic mass is 16.4. The van der Waals surface area contributed by atoms with E-state index in [1.165, 1.54) is 0 Å². The highest BCUT2D eigenvalue weighted by molar-refractivity contribution is 5.44. The van der Waals surface area contributed by atoms with E-state index >= 15 is 0 Å². The first kappa shape index (κ1) is 13.4. The summed E-state index contributed by atoms with van der Waals surface area (Å²) in [5.41, 5.74) is 0.470. The van der Waals surface area contributed by atoms with Crippen LogP contribution in [0, 0.1) is 6.92 Å². The summed E-state index contributed by atoms with van der Waals surface area (Å²) in [6.07, 6.45) is 1.66. The molecule has 0 aliphatic heterocycles. The number of phenolic OH excluding ortho intramolecular Hbond substituents is 2. The zero-order valence-corrected chi connectivity index (χ0v) is 11.2. The lowest BCUT2D eigenvalue weighted by Gasteiger charge is -2.20. The maximum absolute atomic E-state index is 9.81.